The third-order valence-electron chi connectivity index (χ3n) is 6.40. The van der Waals surface area contributed by atoms with Crippen molar-refractivity contribution >= 4 is 32.5 Å². The topological polar surface area (TPSA) is 114 Å². The van der Waals surface area contributed by atoms with Crippen LogP contribution in [0.3, 0.4) is 0 Å². The van der Waals surface area contributed by atoms with E-state index in [0.29, 0.717) is 30.0 Å². The van der Waals surface area contributed by atoms with Gasteiger partial charge in [0.2, 0.25) is 0 Å². The summed E-state index contributed by atoms with van der Waals surface area (Å²) in [5, 5.41) is 9.19. The van der Waals surface area contributed by atoms with Gasteiger partial charge in [0.15, 0.2) is 9.84 Å². The Morgan fingerprint density at radius 1 is 0.854 bits per heavy atom. The van der Waals surface area contributed by atoms with Crippen LogP contribution in [0.4, 0.5) is 11.4 Å². The first-order valence-electron chi connectivity index (χ1n) is 12.7. The molecule has 212 valence electrons. The molecule has 8 nitrogen and oxygen atoms in total. The molecule has 0 saturated carbocycles. The number of hydrogen-bond donors (Lipinski definition) is 0. The summed E-state index contributed by atoms with van der Waals surface area (Å²) in [4.78, 5) is 2.09. The number of rotatable bonds is 11. The minimum atomic E-state index is -3.62. The average molecular weight is 589 g/mol. The van der Waals surface area contributed by atoms with Gasteiger partial charge in [0.1, 0.15) is 17.4 Å². The van der Waals surface area contributed by atoms with Crippen LogP contribution in [0.2, 0.25) is 0 Å². The second-order valence-corrected chi connectivity index (χ2v) is 12.8. The van der Waals surface area contributed by atoms with Crippen LogP contribution in [0.5, 0.6) is 11.5 Å². The van der Waals surface area contributed by atoms with E-state index in [1.165, 1.54) is 0 Å². The molecular formula is C31H30N3O5S2-. The lowest BCUT2D eigenvalue weighted by Gasteiger charge is -2.31. The molecule has 10 heteroatoms. The standard InChI is InChI=1S/C31H31N3O5S2/c1-23-6-4-7-29(18-23)39-28-16-14-27(15-17-28)21-33(20-26-12-10-25(19-32)11-13-26)30-8-5-9-31(24(30)2)34(40(35)36)22-41(3,37)38/h4-18H,20-22H2,1-3H3,(H,35,36)/p-1. The predicted octanol–water partition coefficient (Wildman–Crippen LogP) is 5.78. The Morgan fingerprint density at radius 2 is 1.44 bits per heavy atom. The first kappa shape index (κ1) is 29.8. The molecule has 0 aliphatic heterocycles. The van der Waals surface area contributed by atoms with Crippen molar-refractivity contribution in [2.24, 2.45) is 0 Å². The second-order valence-electron chi connectivity index (χ2n) is 9.80. The average Bonchev–Trinajstić information content (AvgIpc) is 2.92. The Labute approximate surface area is 243 Å². The Bertz CT molecular complexity index is 1680. The molecule has 41 heavy (non-hydrogen) atoms. The Kier molecular flexibility index (Phi) is 9.45. The fraction of sp³-hybridized carbons (Fsp3) is 0.194. The van der Waals surface area contributed by atoms with E-state index in [-0.39, 0.29) is 5.69 Å². The van der Waals surface area contributed by atoms with Gasteiger partial charge in [-0.05, 0) is 84.6 Å². The zero-order valence-corrected chi connectivity index (χ0v) is 24.6. The van der Waals surface area contributed by atoms with Gasteiger partial charge in [0.05, 0.1) is 17.3 Å². The van der Waals surface area contributed by atoms with Crippen LogP contribution in [0.25, 0.3) is 0 Å². The van der Waals surface area contributed by atoms with Crippen LogP contribution in [0, 0.1) is 25.2 Å². The maximum absolute atomic E-state index is 12.0. The quantitative estimate of drug-likeness (QED) is 0.204. The number of aryl methyl sites for hydroxylation is 1. The second kappa shape index (κ2) is 13.0. The zero-order chi connectivity index (χ0) is 29.6. The van der Waals surface area contributed by atoms with Gasteiger partial charge in [-0.25, -0.2) is 8.42 Å². The minimum absolute atomic E-state index is 0.285. The SMILES string of the molecule is Cc1cccc(Oc2ccc(CN(Cc3ccc(C#N)cc3)c3cccc(N(CS(C)(=O)=O)S(=O)[O-])c3C)cc2)c1. The number of sulfone groups is 1. The van der Waals surface area contributed by atoms with Gasteiger partial charge in [-0.3, -0.25) is 8.51 Å². The van der Waals surface area contributed by atoms with Crippen molar-refractivity contribution in [2.75, 3.05) is 21.3 Å². The first-order valence-corrected chi connectivity index (χ1v) is 15.8. The molecule has 0 fully saturated rings. The van der Waals surface area contributed by atoms with E-state index >= 15 is 0 Å². The fourth-order valence-electron chi connectivity index (χ4n) is 4.46. The molecule has 0 amide bonds. The Balaban J connectivity index is 1.67. The number of nitrogens with zero attached hydrogens (tertiary/aromatic N) is 3. The van der Waals surface area contributed by atoms with Crippen molar-refractivity contribution in [3.63, 3.8) is 0 Å². The Morgan fingerprint density at radius 3 is 2.00 bits per heavy atom. The first-order chi connectivity index (χ1) is 19.5. The highest BCUT2D eigenvalue weighted by atomic mass is 32.2. The molecule has 0 saturated heterocycles. The van der Waals surface area contributed by atoms with Gasteiger partial charge in [-0.1, -0.05) is 42.5 Å². The summed E-state index contributed by atoms with van der Waals surface area (Å²) in [7, 11) is -3.62. The molecule has 1 atom stereocenters. The third kappa shape index (κ3) is 8.17. The highest BCUT2D eigenvalue weighted by molar-refractivity contribution is 7.92. The summed E-state index contributed by atoms with van der Waals surface area (Å²) in [6.45, 7) is 4.72. The molecule has 0 N–H and O–H groups in total. The molecule has 4 aromatic rings. The number of ether oxygens (including phenoxy) is 1. The molecule has 0 heterocycles. The molecule has 0 bridgehead atoms. The lowest BCUT2D eigenvalue weighted by molar-refractivity contribution is 0.482. The molecule has 4 aromatic carbocycles. The van der Waals surface area contributed by atoms with Gasteiger partial charge in [0, 0.05) is 36.3 Å². The highest BCUT2D eigenvalue weighted by Crippen LogP contribution is 2.33. The number of benzene rings is 4. The largest absolute Gasteiger partial charge is 0.755 e. The van der Waals surface area contributed by atoms with Gasteiger partial charge in [0.25, 0.3) is 0 Å². The van der Waals surface area contributed by atoms with E-state index in [2.05, 4.69) is 11.0 Å². The molecule has 0 radical (unpaired) electrons. The van der Waals surface area contributed by atoms with Crippen LogP contribution in [0.15, 0.2) is 91.0 Å². The summed E-state index contributed by atoms with van der Waals surface area (Å²) in [6.07, 6.45) is 0.996. The number of anilines is 2. The molecular weight excluding hydrogens is 558 g/mol. The van der Waals surface area contributed by atoms with E-state index in [0.717, 1.165) is 38.7 Å². The molecule has 0 aromatic heterocycles. The number of hydrogen-bond acceptors (Lipinski definition) is 7. The smallest absolute Gasteiger partial charge is 0.166 e. The monoisotopic (exact) mass is 588 g/mol. The molecule has 1 unspecified atom stereocenters. The summed E-state index contributed by atoms with van der Waals surface area (Å²) < 4.78 is 54.9. The van der Waals surface area contributed by atoms with Crippen molar-refractivity contribution in [2.45, 2.75) is 26.9 Å². The summed E-state index contributed by atoms with van der Waals surface area (Å²) in [6, 6.07) is 30.1. The minimum Gasteiger partial charge on any atom is -0.755 e. The van der Waals surface area contributed by atoms with Crippen molar-refractivity contribution in [3.05, 3.63) is 119 Å². The van der Waals surface area contributed by atoms with Crippen LogP contribution in [0.1, 0.15) is 27.8 Å². The summed E-state index contributed by atoms with van der Waals surface area (Å²) in [5.41, 5.74) is 5.24. The summed E-state index contributed by atoms with van der Waals surface area (Å²) >= 11 is -2.79. The Hall–Kier alpha value is -4.17. The zero-order valence-electron chi connectivity index (χ0n) is 23.0. The van der Waals surface area contributed by atoms with Crippen LogP contribution < -0.4 is 13.9 Å². The fourth-order valence-corrected chi connectivity index (χ4v) is 6.30. The molecule has 0 spiro atoms. The van der Waals surface area contributed by atoms with Gasteiger partial charge in [-0.15, -0.1) is 0 Å². The van der Waals surface area contributed by atoms with E-state index < -0.39 is 27.0 Å². The third-order valence-corrected chi connectivity index (χ3v) is 7.97. The maximum Gasteiger partial charge on any atom is 0.166 e. The van der Waals surface area contributed by atoms with Crippen molar-refractivity contribution in [1.29, 1.82) is 5.26 Å². The van der Waals surface area contributed by atoms with E-state index in [9.17, 15) is 22.4 Å². The van der Waals surface area contributed by atoms with Gasteiger partial charge >= 0.3 is 0 Å². The number of nitriles is 1. The van der Waals surface area contributed by atoms with Crippen molar-refractivity contribution in [3.8, 4) is 17.6 Å². The van der Waals surface area contributed by atoms with Gasteiger partial charge < -0.3 is 14.2 Å². The van der Waals surface area contributed by atoms with Crippen molar-refractivity contribution < 1.29 is 21.9 Å². The molecule has 4 rings (SSSR count). The lowest BCUT2D eigenvalue weighted by atomic mass is 10.1. The lowest BCUT2D eigenvalue weighted by Crippen LogP contribution is -2.32. The van der Waals surface area contributed by atoms with Crippen LogP contribution in [-0.4, -0.2) is 29.3 Å². The predicted molar refractivity (Wildman–Crippen MR) is 161 cm³/mol. The summed E-state index contributed by atoms with van der Waals surface area (Å²) in [5.74, 6) is 0.790. The van der Waals surface area contributed by atoms with E-state index in [4.69, 9.17) is 4.74 Å². The normalized spacial score (nSPS) is 11.9. The maximum atomic E-state index is 12.0. The van der Waals surface area contributed by atoms with E-state index in [1.54, 1.807) is 31.2 Å². The highest BCUT2D eigenvalue weighted by Gasteiger charge is 2.20. The van der Waals surface area contributed by atoms with Gasteiger partial charge in [-0.2, -0.15) is 5.26 Å². The molecule has 0 aliphatic carbocycles. The van der Waals surface area contributed by atoms with Crippen LogP contribution in [-0.2, 0) is 34.2 Å². The van der Waals surface area contributed by atoms with E-state index in [1.807, 2.05) is 73.7 Å². The van der Waals surface area contributed by atoms with Crippen LogP contribution >= 0.6 is 0 Å². The van der Waals surface area contributed by atoms with Crippen molar-refractivity contribution in [1.82, 2.24) is 0 Å². The molecule has 0 aliphatic rings.